The van der Waals surface area contributed by atoms with E-state index >= 15 is 0 Å². The summed E-state index contributed by atoms with van der Waals surface area (Å²) >= 11 is 0. The summed E-state index contributed by atoms with van der Waals surface area (Å²) in [4.78, 5) is 24.5. The third-order valence-electron chi connectivity index (χ3n) is 6.57. The average molecular weight is 480 g/mol. The fourth-order valence-corrected chi connectivity index (χ4v) is 4.04. The number of carboxylic acids is 1. The SMILES string of the molecule is C[C@H]([C@H](C(=O)Nc1cc(CC2(C(=O)O)CC2)ccc1F)c1ccc(C(C)(C)C)cc1)C(F)(F)F. The Morgan fingerprint density at radius 2 is 1.65 bits per heavy atom. The third kappa shape index (κ3) is 5.59. The zero-order chi connectivity index (χ0) is 25.5. The lowest BCUT2D eigenvalue weighted by molar-refractivity contribution is -0.178. The molecular weight excluding hydrogens is 450 g/mol. The summed E-state index contributed by atoms with van der Waals surface area (Å²) in [7, 11) is 0. The highest BCUT2D eigenvalue weighted by Gasteiger charge is 2.50. The smallest absolute Gasteiger partial charge is 0.392 e. The number of amides is 1. The second-order valence-electron chi connectivity index (χ2n) is 10.2. The Hall–Kier alpha value is -2.90. The second-order valence-corrected chi connectivity index (χ2v) is 10.2. The van der Waals surface area contributed by atoms with Crippen molar-refractivity contribution in [2.24, 2.45) is 11.3 Å². The van der Waals surface area contributed by atoms with Crippen LogP contribution in [0, 0.1) is 17.2 Å². The maximum absolute atomic E-state index is 14.5. The lowest BCUT2D eigenvalue weighted by Gasteiger charge is -2.27. The van der Waals surface area contributed by atoms with Crippen molar-refractivity contribution >= 4 is 17.6 Å². The minimum atomic E-state index is -4.65. The van der Waals surface area contributed by atoms with Crippen molar-refractivity contribution in [1.82, 2.24) is 0 Å². The molecule has 1 fully saturated rings. The molecule has 1 amide bonds. The van der Waals surface area contributed by atoms with Crippen LogP contribution in [0.25, 0.3) is 0 Å². The number of nitrogens with one attached hydrogen (secondary N) is 1. The molecule has 2 aromatic carbocycles. The van der Waals surface area contributed by atoms with E-state index in [1.807, 2.05) is 20.8 Å². The van der Waals surface area contributed by atoms with E-state index in [4.69, 9.17) is 0 Å². The van der Waals surface area contributed by atoms with Crippen LogP contribution in [0.15, 0.2) is 42.5 Å². The molecule has 2 N–H and O–H groups in total. The molecule has 8 heteroatoms. The highest BCUT2D eigenvalue weighted by molar-refractivity contribution is 5.96. The number of carboxylic acid groups (broad SMARTS) is 1. The highest BCUT2D eigenvalue weighted by atomic mass is 19.4. The zero-order valence-corrected chi connectivity index (χ0v) is 19.6. The van der Waals surface area contributed by atoms with Gasteiger partial charge in [0.25, 0.3) is 0 Å². The number of rotatable bonds is 7. The first-order chi connectivity index (χ1) is 15.6. The maximum atomic E-state index is 14.5. The van der Waals surface area contributed by atoms with Crippen molar-refractivity contribution in [3.05, 3.63) is 65.0 Å². The van der Waals surface area contributed by atoms with Gasteiger partial charge in [-0.2, -0.15) is 13.2 Å². The van der Waals surface area contributed by atoms with Crippen LogP contribution in [0.5, 0.6) is 0 Å². The molecule has 0 spiro atoms. The maximum Gasteiger partial charge on any atom is 0.392 e. The van der Waals surface area contributed by atoms with Gasteiger partial charge in [0.2, 0.25) is 5.91 Å². The van der Waals surface area contributed by atoms with Crippen LogP contribution in [0.3, 0.4) is 0 Å². The van der Waals surface area contributed by atoms with Gasteiger partial charge in [-0.05, 0) is 53.5 Å². The fraction of sp³-hybridized carbons (Fsp3) is 0.462. The molecule has 34 heavy (non-hydrogen) atoms. The lowest BCUT2D eigenvalue weighted by Crippen LogP contribution is -2.34. The number of carbonyl (C=O) groups is 2. The molecule has 0 radical (unpaired) electrons. The van der Waals surface area contributed by atoms with Crippen LogP contribution < -0.4 is 5.32 Å². The number of carbonyl (C=O) groups excluding carboxylic acids is 1. The van der Waals surface area contributed by atoms with Crippen molar-refractivity contribution in [1.29, 1.82) is 0 Å². The summed E-state index contributed by atoms with van der Waals surface area (Å²) in [6.07, 6.45) is -3.50. The summed E-state index contributed by atoms with van der Waals surface area (Å²) in [6.45, 7) is 6.84. The lowest BCUT2D eigenvalue weighted by atomic mass is 9.82. The van der Waals surface area contributed by atoms with E-state index in [-0.39, 0.29) is 23.1 Å². The van der Waals surface area contributed by atoms with Gasteiger partial charge in [0.05, 0.1) is 22.9 Å². The number of halogens is 4. The molecule has 4 nitrogen and oxygen atoms in total. The van der Waals surface area contributed by atoms with E-state index in [1.165, 1.54) is 24.3 Å². The van der Waals surface area contributed by atoms with Crippen LogP contribution in [0.2, 0.25) is 0 Å². The Morgan fingerprint density at radius 1 is 1.06 bits per heavy atom. The molecule has 1 aliphatic carbocycles. The van der Waals surface area contributed by atoms with Crippen molar-refractivity contribution in [2.75, 3.05) is 5.32 Å². The van der Waals surface area contributed by atoms with Gasteiger partial charge < -0.3 is 10.4 Å². The molecular formula is C26H29F4NO3. The second kappa shape index (κ2) is 9.04. The normalized spacial score (nSPS) is 17.1. The Balaban J connectivity index is 1.90. The standard InChI is InChI=1S/C26H29F4NO3/c1-15(26(28,29)30)21(17-6-8-18(9-7-17)24(2,3)4)22(32)31-20-13-16(5-10-19(20)27)14-25(11-12-25)23(33)34/h5-10,13,15,21H,11-12,14H2,1-4H3,(H,31,32)(H,33,34)/t15-,21+/m1/s1. The molecule has 184 valence electrons. The van der Waals surface area contributed by atoms with Crippen LogP contribution >= 0.6 is 0 Å². The summed E-state index contributed by atoms with van der Waals surface area (Å²) < 4.78 is 55.4. The van der Waals surface area contributed by atoms with E-state index < -0.39 is 41.1 Å². The molecule has 2 atom stereocenters. The van der Waals surface area contributed by atoms with Crippen molar-refractivity contribution < 1.29 is 32.3 Å². The van der Waals surface area contributed by atoms with Gasteiger partial charge in [-0.3, -0.25) is 9.59 Å². The Kier molecular flexibility index (Phi) is 6.84. The fourth-order valence-electron chi connectivity index (χ4n) is 4.04. The molecule has 0 aliphatic heterocycles. The molecule has 0 aromatic heterocycles. The number of hydrogen-bond donors (Lipinski definition) is 2. The number of hydrogen-bond acceptors (Lipinski definition) is 2. The molecule has 0 saturated heterocycles. The van der Waals surface area contributed by atoms with Crippen LogP contribution in [0.4, 0.5) is 23.2 Å². The zero-order valence-electron chi connectivity index (χ0n) is 19.6. The van der Waals surface area contributed by atoms with E-state index in [1.54, 1.807) is 12.1 Å². The Labute approximate surface area is 196 Å². The molecule has 1 aliphatic rings. The average Bonchev–Trinajstić information content (AvgIpc) is 3.50. The number of alkyl halides is 3. The van der Waals surface area contributed by atoms with Crippen molar-refractivity contribution in [3.63, 3.8) is 0 Å². The van der Waals surface area contributed by atoms with E-state index in [0.29, 0.717) is 18.4 Å². The predicted octanol–water partition coefficient (Wildman–Crippen LogP) is 6.45. The third-order valence-corrected chi connectivity index (χ3v) is 6.57. The quantitative estimate of drug-likeness (QED) is 0.449. The molecule has 1 saturated carbocycles. The van der Waals surface area contributed by atoms with Gasteiger partial charge in [-0.1, -0.05) is 58.0 Å². The predicted molar refractivity (Wildman–Crippen MR) is 121 cm³/mol. The summed E-state index contributed by atoms with van der Waals surface area (Å²) in [5.41, 5.74) is 0.183. The number of anilines is 1. The molecule has 0 bridgehead atoms. The molecule has 0 heterocycles. The van der Waals surface area contributed by atoms with Gasteiger partial charge in [0, 0.05) is 0 Å². The number of aliphatic carboxylic acids is 1. The van der Waals surface area contributed by atoms with E-state index in [0.717, 1.165) is 18.6 Å². The topological polar surface area (TPSA) is 66.4 Å². The summed E-state index contributed by atoms with van der Waals surface area (Å²) in [6, 6.07) is 10.2. The van der Waals surface area contributed by atoms with Crippen molar-refractivity contribution in [3.8, 4) is 0 Å². The van der Waals surface area contributed by atoms with Crippen LogP contribution in [0.1, 0.15) is 63.1 Å². The van der Waals surface area contributed by atoms with Gasteiger partial charge in [0.1, 0.15) is 5.82 Å². The first-order valence-corrected chi connectivity index (χ1v) is 11.1. The van der Waals surface area contributed by atoms with Crippen LogP contribution in [-0.4, -0.2) is 23.2 Å². The highest BCUT2D eigenvalue weighted by Crippen LogP contribution is 2.49. The van der Waals surface area contributed by atoms with E-state index in [2.05, 4.69) is 5.32 Å². The molecule has 2 aromatic rings. The molecule has 0 unspecified atom stereocenters. The Morgan fingerprint density at radius 3 is 2.12 bits per heavy atom. The summed E-state index contributed by atoms with van der Waals surface area (Å²) in [5.74, 6) is -6.34. The monoisotopic (exact) mass is 479 g/mol. The van der Waals surface area contributed by atoms with Crippen molar-refractivity contribution in [2.45, 2.75) is 64.5 Å². The largest absolute Gasteiger partial charge is 0.481 e. The van der Waals surface area contributed by atoms with Gasteiger partial charge in [-0.15, -0.1) is 0 Å². The molecule has 3 rings (SSSR count). The number of benzene rings is 2. The van der Waals surface area contributed by atoms with Gasteiger partial charge in [0.15, 0.2) is 0 Å². The first kappa shape index (κ1) is 25.7. The first-order valence-electron chi connectivity index (χ1n) is 11.1. The Bertz CT molecular complexity index is 1070. The minimum Gasteiger partial charge on any atom is -0.481 e. The van der Waals surface area contributed by atoms with Crippen LogP contribution in [-0.2, 0) is 21.4 Å². The van der Waals surface area contributed by atoms with E-state index in [9.17, 15) is 32.3 Å². The minimum absolute atomic E-state index is 0.155. The summed E-state index contributed by atoms with van der Waals surface area (Å²) in [5, 5.41) is 11.7. The van der Waals surface area contributed by atoms with Gasteiger partial charge >= 0.3 is 12.1 Å². The van der Waals surface area contributed by atoms with Gasteiger partial charge in [-0.25, -0.2) is 4.39 Å².